The molecule has 2 fully saturated rings. The highest BCUT2D eigenvalue weighted by atomic mass is 35.5. The lowest BCUT2D eigenvalue weighted by molar-refractivity contribution is 0.112. The number of aromatic nitrogens is 1. The lowest BCUT2D eigenvalue weighted by atomic mass is 9.92. The number of alkyl halides is 1. The number of rotatable bonds is 5. The number of piperidine rings is 1. The van der Waals surface area contributed by atoms with E-state index in [0.717, 1.165) is 24.1 Å². The summed E-state index contributed by atoms with van der Waals surface area (Å²) in [6.45, 7) is 2.59. The minimum atomic E-state index is 0.548. The average Bonchev–Trinajstić information content (AvgIpc) is 3.07. The zero-order valence-electron chi connectivity index (χ0n) is 11.5. The smallest absolute Gasteiger partial charge is 0.0929 e. The first kappa shape index (κ1) is 13.8. The van der Waals surface area contributed by atoms with Gasteiger partial charge in [-0.05, 0) is 51.1 Å². The van der Waals surface area contributed by atoms with Gasteiger partial charge >= 0.3 is 0 Å². The molecule has 106 valence electrons. The highest BCUT2D eigenvalue weighted by Gasteiger charge is 2.34. The number of thiazole rings is 1. The molecule has 1 aliphatic heterocycles. The molecular formula is C15H23ClN2S. The molecule has 0 spiro atoms. The Morgan fingerprint density at radius 3 is 3.05 bits per heavy atom. The van der Waals surface area contributed by atoms with Crippen molar-refractivity contribution in [2.75, 3.05) is 13.1 Å². The van der Waals surface area contributed by atoms with Gasteiger partial charge in [0.15, 0.2) is 0 Å². The first-order valence-corrected chi connectivity index (χ1v) is 9.01. The number of aryl methyl sites for hydroxylation is 1. The van der Waals surface area contributed by atoms with Crippen LogP contribution in [0.15, 0.2) is 5.38 Å². The summed E-state index contributed by atoms with van der Waals surface area (Å²) in [5.74, 6) is 1.56. The Kier molecular flexibility index (Phi) is 4.78. The molecule has 0 bridgehead atoms. The normalized spacial score (nSPS) is 27.6. The molecule has 0 amide bonds. The molecular weight excluding hydrogens is 276 g/mol. The van der Waals surface area contributed by atoms with Gasteiger partial charge < -0.3 is 4.90 Å². The van der Waals surface area contributed by atoms with Gasteiger partial charge in [0.05, 0.1) is 16.6 Å². The second-order valence-corrected chi connectivity index (χ2v) is 7.12. The largest absolute Gasteiger partial charge is 0.300 e. The van der Waals surface area contributed by atoms with Crippen molar-refractivity contribution in [1.29, 1.82) is 0 Å². The Balaban J connectivity index is 1.46. The SMILES string of the molecule is ClCc1csc(CCCN2CCCC3CCCC32)n1. The first-order chi connectivity index (χ1) is 9.36. The van der Waals surface area contributed by atoms with E-state index in [1.54, 1.807) is 11.3 Å². The molecule has 0 N–H and O–H groups in total. The summed E-state index contributed by atoms with van der Waals surface area (Å²) in [5.41, 5.74) is 1.04. The third kappa shape index (κ3) is 3.32. The van der Waals surface area contributed by atoms with Crippen molar-refractivity contribution in [2.24, 2.45) is 5.92 Å². The van der Waals surface area contributed by atoms with Crippen LogP contribution in [0.1, 0.15) is 49.2 Å². The molecule has 2 nitrogen and oxygen atoms in total. The van der Waals surface area contributed by atoms with E-state index in [4.69, 9.17) is 11.6 Å². The van der Waals surface area contributed by atoms with Crippen LogP contribution in [-0.2, 0) is 12.3 Å². The molecule has 1 aliphatic carbocycles. The van der Waals surface area contributed by atoms with Crippen molar-refractivity contribution in [3.8, 4) is 0 Å². The number of hydrogen-bond donors (Lipinski definition) is 0. The van der Waals surface area contributed by atoms with E-state index in [2.05, 4.69) is 15.3 Å². The maximum absolute atomic E-state index is 5.79. The summed E-state index contributed by atoms with van der Waals surface area (Å²) in [7, 11) is 0. The van der Waals surface area contributed by atoms with E-state index in [0.29, 0.717) is 5.88 Å². The third-order valence-corrected chi connectivity index (χ3v) is 5.91. The van der Waals surface area contributed by atoms with Crippen LogP contribution in [0.4, 0.5) is 0 Å². The van der Waals surface area contributed by atoms with Crippen molar-refractivity contribution in [1.82, 2.24) is 9.88 Å². The first-order valence-electron chi connectivity index (χ1n) is 7.60. The second-order valence-electron chi connectivity index (χ2n) is 5.91. The lowest BCUT2D eigenvalue weighted by Gasteiger charge is -2.37. The quantitative estimate of drug-likeness (QED) is 0.762. The van der Waals surface area contributed by atoms with E-state index in [-0.39, 0.29) is 0 Å². The van der Waals surface area contributed by atoms with Gasteiger partial charge in [0.2, 0.25) is 0 Å². The maximum Gasteiger partial charge on any atom is 0.0929 e. The Morgan fingerprint density at radius 2 is 2.21 bits per heavy atom. The van der Waals surface area contributed by atoms with Crippen molar-refractivity contribution in [2.45, 2.75) is 56.9 Å². The molecule has 2 heterocycles. The van der Waals surface area contributed by atoms with Gasteiger partial charge in [-0.2, -0.15) is 0 Å². The van der Waals surface area contributed by atoms with E-state index in [1.807, 2.05) is 0 Å². The fourth-order valence-corrected chi connectivity index (χ4v) is 4.86. The van der Waals surface area contributed by atoms with E-state index >= 15 is 0 Å². The lowest BCUT2D eigenvalue weighted by Crippen LogP contribution is -2.43. The molecule has 2 unspecified atom stereocenters. The highest BCUT2D eigenvalue weighted by Crippen LogP contribution is 2.36. The molecule has 1 aromatic rings. The van der Waals surface area contributed by atoms with Crippen LogP contribution in [0.3, 0.4) is 0 Å². The predicted octanol–water partition coefficient (Wildman–Crippen LogP) is 4.08. The Hall–Kier alpha value is -0.120. The fourth-order valence-electron chi connectivity index (χ4n) is 3.79. The number of hydrogen-bond acceptors (Lipinski definition) is 3. The molecule has 1 aromatic heterocycles. The molecule has 2 atom stereocenters. The Bertz CT molecular complexity index is 407. The molecule has 2 aliphatic rings. The van der Waals surface area contributed by atoms with Crippen LogP contribution in [0, 0.1) is 5.92 Å². The summed E-state index contributed by atoms with van der Waals surface area (Å²) in [5, 5.41) is 3.35. The van der Waals surface area contributed by atoms with Gasteiger partial charge in [0.1, 0.15) is 0 Å². The maximum atomic E-state index is 5.79. The number of fused-ring (bicyclic) bond motifs is 1. The number of halogens is 1. The van der Waals surface area contributed by atoms with Gasteiger partial charge in [-0.25, -0.2) is 4.98 Å². The van der Waals surface area contributed by atoms with Gasteiger partial charge in [0, 0.05) is 17.8 Å². The summed E-state index contributed by atoms with van der Waals surface area (Å²) >= 11 is 7.56. The van der Waals surface area contributed by atoms with E-state index in [9.17, 15) is 0 Å². The number of likely N-dealkylation sites (tertiary alicyclic amines) is 1. The third-order valence-electron chi connectivity index (χ3n) is 4.68. The Morgan fingerprint density at radius 1 is 1.32 bits per heavy atom. The predicted molar refractivity (Wildman–Crippen MR) is 81.9 cm³/mol. The van der Waals surface area contributed by atoms with Crippen LogP contribution in [0.2, 0.25) is 0 Å². The van der Waals surface area contributed by atoms with Crippen LogP contribution in [0.5, 0.6) is 0 Å². The van der Waals surface area contributed by atoms with Crippen molar-refractivity contribution < 1.29 is 0 Å². The van der Waals surface area contributed by atoms with E-state index in [1.165, 1.54) is 56.6 Å². The highest BCUT2D eigenvalue weighted by molar-refractivity contribution is 7.09. The summed E-state index contributed by atoms with van der Waals surface area (Å²) in [4.78, 5) is 7.31. The van der Waals surface area contributed by atoms with Gasteiger partial charge in [-0.3, -0.25) is 0 Å². The van der Waals surface area contributed by atoms with Crippen molar-refractivity contribution in [3.05, 3.63) is 16.1 Å². The average molecular weight is 299 g/mol. The topological polar surface area (TPSA) is 16.1 Å². The van der Waals surface area contributed by atoms with Crippen molar-refractivity contribution >= 4 is 22.9 Å². The van der Waals surface area contributed by atoms with E-state index < -0.39 is 0 Å². The molecule has 1 saturated heterocycles. The molecule has 4 heteroatoms. The monoisotopic (exact) mass is 298 g/mol. The second kappa shape index (κ2) is 6.55. The van der Waals surface area contributed by atoms with Crippen LogP contribution >= 0.6 is 22.9 Å². The van der Waals surface area contributed by atoms with Crippen LogP contribution in [0.25, 0.3) is 0 Å². The summed E-state index contributed by atoms with van der Waals surface area (Å²) in [6, 6.07) is 0.906. The zero-order valence-corrected chi connectivity index (χ0v) is 13.1. The number of nitrogens with zero attached hydrogens (tertiary/aromatic N) is 2. The Labute approximate surface area is 125 Å². The standard InChI is InChI=1S/C15H23ClN2S/c16-10-13-11-19-15(17-13)7-3-9-18-8-2-5-12-4-1-6-14(12)18/h11-12,14H,1-10H2. The zero-order chi connectivity index (χ0) is 13.1. The minimum Gasteiger partial charge on any atom is -0.300 e. The molecule has 0 radical (unpaired) electrons. The molecule has 0 aromatic carbocycles. The molecule has 1 saturated carbocycles. The van der Waals surface area contributed by atoms with Crippen LogP contribution < -0.4 is 0 Å². The van der Waals surface area contributed by atoms with Gasteiger partial charge in [-0.1, -0.05) is 6.42 Å². The van der Waals surface area contributed by atoms with Gasteiger partial charge in [-0.15, -0.1) is 22.9 Å². The van der Waals surface area contributed by atoms with Crippen LogP contribution in [-0.4, -0.2) is 29.0 Å². The minimum absolute atomic E-state index is 0.548. The van der Waals surface area contributed by atoms with Gasteiger partial charge in [0.25, 0.3) is 0 Å². The molecule has 3 rings (SSSR count). The summed E-state index contributed by atoms with van der Waals surface area (Å²) in [6.07, 6.45) is 9.64. The summed E-state index contributed by atoms with van der Waals surface area (Å²) < 4.78 is 0. The van der Waals surface area contributed by atoms with Crippen molar-refractivity contribution in [3.63, 3.8) is 0 Å². The fraction of sp³-hybridized carbons (Fsp3) is 0.800. The molecule has 19 heavy (non-hydrogen) atoms.